The predicted molar refractivity (Wildman–Crippen MR) is 205 cm³/mol. The molecule has 0 saturated carbocycles. The summed E-state index contributed by atoms with van der Waals surface area (Å²) in [5.41, 5.74) is -1.11. The topological polar surface area (TPSA) is 112 Å². The average molecular weight is 976 g/mol. The van der Waals surface area contributed by atoms with Gasteiger partial charge in [0.15, 0.2) is 0 Å². The summed E-state index contributed by atoms with van der Waals surface area (Å²) in [5, 5.41) is 1.17. The Morgan fingerprint density at radius 3 is 2.72 bits per heavy atom. The Kier molecular flexibility index (Phi) is 9.83. The Balaban J connectivity index is 1.22. The summed E-state index contributed by atoms with van der Waals surface area (Å²) in [6.45, 7) is 7.17. The number of pyridine rings is 1. The fraction of sp³-hybridized carbons (Fsp3) is 0.512. The molecule has 5 unspecified atom stereocenters. The van der Waals surface area contributed by atoms with Crippen LogP contribution in [-0.2, 0) is 9.47 Å². The normalized spacial score (nSPS) is 25.1. The van der Waals surface area contributed by atoms with Crippen molar-refractivity contribution in [3.05, 3.63) is 41.5 Å². The third kappa shape index (κ3) is 6.68. The van der Waals surface area contributed by atoms with Crippen molar-refractivity contribution >= 4 is 59.4 Å². The first-order chi connectivity index (χ1) is 27.4. The summed E-state index contributed by atoms with van der Waals surface area (Å²) in [4.78, 5) is 34.1. The molecule has 4 fully saturated rings. The first kappa shape index (κ1) is 38.4. The van der Waals surface area contributed by atoms with E-state index >= 15 is 8.78 Å². The summed E-state index contributed by atoms with van der Waals surface area (Å²) in [6.07, 6.45) is 2.11. The zero-order valence-corrected chi connectivity index (χ0v) is 36.7. The number of rotatable bonds is 7. The van der Waals surface area contributed by atoms with Gasteiger partial charge in [0, 0.05) is 13.0 Å². The van der Waals surface area contributed by atoms with Crippen LogP contribution in [0.1, 0.15) is 58.4 Å². The van der Waals surface area contributed by atoms with E-state index in [1.807, 2.05) is 25.7 Å². The molecule has 2 bridgehead atoms. The van der Waals surface area contributed by atoms with Gasteiger partial charge in [0.25, 0.3) is 0 Å². The monoisotopic (exact) mass is 976 g/mol. The number of hydrogen-bond donors (Lipinski definition) is 0. The van der Waals surface area contributed by atoms with Crippen molar-refractivity contribution in [2.24, 2.45) is 0 Å². The quantitative estimate of drug-likeness (QED) is 0.126. The van der Waals surface area contributed by atoms with Gasteiger partial charge in [-0.3, -0.25) is 9.80 Å². The third-order valence-corrected chi connectivity index (χ3v) is 12.4. The number of methoxy groups -OCH3 is 1. The van der Waals surface area contributed by atoms with Crippen molar-refractivity contribution in [1.29, 1.82) is 0 Å². The number of piperazine rings is 1. The van der Waals surface area contributed by atoms with Crippen molar-refractivity contribution in [2.45, 2.75) is 88.3 Å². The molecule has 4 aromatic rings. The third-order valence-electron chi connectivity index (χ3n) is 11.8. The molecule has 1 amide bonds. The Bertz CT molecular complexity index is 2350. The molecule has 9 rings (SSSR count). The van der Waals surface area contributed by atoms with Crippen molar-refractivity contribution in [3.8, 4) is 38.3 Å². The van der Waals surface area contributed by atoms with Crippen LogP contribution in [0.3, 0.4) is 0 Å². The van der Waals surface area contributed by atoms with Crippen LogP contribution in [0.2, 0.25) is 0 Å². The molecule has 0 radical (unpaired) electrons. The van der Waals surface area contributed by atoms with Crippen LogP contribution >= 0.6 is 0 Å². The summed E-state index contributed by atoms with van der Waals surface area (Å²) in [6, 6.07) is 5.26. The Morgan fingerprint density at radius 2 is 1.93 bits per heavy atom. The van der Waals surface area contributed by atoms with Gasteiger partial charge in [-0.25, -0.2) is 9.18 Å². The first-order valence-electron chi connectivity index (χ1n) is 19.3. The van der Waals surface area contributed by atoms with Crippen LogP contribution in [0.15, 0.2) is 24.3 Å². The molecule has 57 heavy (non-hydrogen) atoms. The SMILES string of the molecule is COCOc1cc(-c2nc3c4c(nc(OCC56CCCN5CC(F)C6)nc4c2F)N2CC4CCC(C2CO3)N4C(=O)OC(C)(C)C)c2c(C#[C][Tl])c(F)ccc2c1. The van der Waals surface area contributed by atoms with Gasteiger partial charge in [-0.05, 0) is 53.0 Å². The average Bonchev–Trinajstić information content (AvgIpc) is 3.78. The van der Waals surface area contributed by atoms with Crippen molar-refractivity contribution < 1.29 is 41.7 Å². The molecular formula is C41H42F3N6O6Tl. The molecule has 2 aromatic carbocycles. The van der Waals surface area contributed by atoms with Gasteiger partial charge in [-0.2, -0.15) is 0 Å². The summed E-state index contributed by atoms with van der Waals surface area (Å²) in [7, 11) is 1.49. The minimum absolute atomic E-state index is 0.0674. The van der Waals surface area contributed by atoms with E-state index in [2.05, 4.69) is 19.2 Å². The van der Waals surface area contributed by atoms with Crippen LogP contribution < -0.4 is 19.1 Å². The van der Waals surface area contributed by atoms with E-state index in [1.165, 1.54) is 13.2 Å². The summed E-state index contributed by atoms with van der Waals surface area (Å²) >= 11 is 0.263. The van der Waals surface area contributed by atoms with Gasteiger partial charge in [0.2, 0.25) is 0 Å². The van der Waals surface area contributed by atoms with Gasteiger partial charge >= 0.3 is 232 Å². The summed E-state index contributed by atoms with van der Waals surface area (Å²) < 4.78 is 80.7. The van der Waals surface area contributed by atoms with Gasteiger partial charge in [-0.1, -0.05) is 0 Å². The zero-order valence-electron chi connectivity index (χ0n) is 32.2. The maximum atomic E-state index is 17.6. The van der Waals surface area contributed by atoms with E-state index in [9.17, 15) is 9.18 Å². The zero-order chi connectivity index (χ0) is 39.8. The van der Waals surface area contributed by atoms with Crippen LogP contribution in [0.4, 0.5) is 23.8 Å². The van der Waals surface area contributed by atoms with Gasteiger partial charge in [0.1, 0.15) is 11.8 Å². The Labute approximate surface area is 344 Å². The second kappa shape index (κ2) is 14.6. The van der Waals surface area contributed by atoms with E-state index in [0.717, 1.165) is 25.8 Å². The minimum atomic E-state index is -0.965. The second-order valence-corrected chi connectivity index (χ2v) is 17.6. The number of carbonyl (C=O) groups excluding carboxylic acids is 1. The number of fused-ring (bicyclic) bond motifs is 7. The molecule has 5 atom stereocenters. The van der Waals surface area contributed by atoms with E-state index in [-0.39, 0.29) is 97.5 Å². The number of halogens is 3. The molecule has 7 heterocycles. The fourth-order valence-corrected chi connectivity index (χ4v) is 10.1. The number of ether oxygens (including phenoxy) is 5. The predicted octanol–water partition coefficient (Wildman–Crippen LogP) is 5.89. The molecule has 296 valence electrons. The number of benzene rings is 2. The molecule has 0 N–H and O–H groups in total. The van der Waals surface area contributed by atoms with Crippen LogP contribution in [0.25, 0.3) is 32.9 Å². The molecule has 0 aliphatic carbocycles. The van der Waals surface area contributed by atoms with Crippen LogP contribution in [0, 0.1) is 21.0 Å². The van der Waals surface area contributed by atoms with Gasteiger partial charge < -0.3 is 4.74 Å². The second-order valence-electron chi connectivity index (χ2n) is 16.5. The molecule has 0 spiro atoms. The number of amides is 1. The van der Waals surface area contributed by atoms with Crippen LogP contribution in [-0.4, -0.2) is 139 Å². The van der Waals surface area contributed by atoms with Crippen molar-refractivity contribution in [2.75, 3.05) is 51.7 Å². The maximum absolute atomic E-state index is 17.6. The van der Waals surface area contributed by atoms with E-state index in [1.54, 1.807) is 18.2 Å². The molecule has 4 saturated heterocycles. The number of alkyl halides is 1. The number of nitrogens with zero attached hydrogens (tertiary/aromatic N) is 6. The summed E-state index contributed by atoms with van der Waals surface area (Å²) in [5.74, 6) is 2.38. The standard InChI is InChI=1S/C41H42F3N6O6.Tl/c1-6-26-28(43)10-8-22-14-25(55-21-52-5)15-27(31(22)26)34-33(44)35-32-36(47-38(46-35)54-20-41-12-7-13-48(41)17-23(42)16-41)49-18-24-9-11-29(30(49)19-53-37(32)45-34)50(24)39(51)56-40(2,3)4;/h8,10,14-15,23-24,29-30H,7,9,11-13,16-21H2,2-5H3;. The van der Waals surface area contributed by atoms with E-state index in [4.69, 9.17) is 38.6 Å². The fourth-order valence-electron chi connectivity index (χ4n) is 9.56. The number of hydrogen-bond acceptors (Lipinski definition) is 11. The molecule has 5 aliphatic rings. The van der Waals surface area contributed by atoms with Crippen molar-refractivity contribution in [1.82, 2.24) is 24.8 Å². The number of anilines is 1. The molecule has 2 aromatic heterocycles. The Hall–Kier alpha value is -4.15. The molecule has 12 nitrogen and oxygen atoms in total. The first-order valence-corrected chi connectivity index (χ1v) is 21.6. The number of aromatic nitrogens is 3. The van der Waals surface area contributed by atoms with E-state index < -0.39 is 41.1 Å². The Morgan fingerprint density at radius 1 is 1.09 bits per heavy atom. The molecule has 5 aliphatic heterocycles. The number of carbonyl (C=O) groups is 1. The van der Waals surface area contributed by atoms with E-state index in [0.29, 0.717) is 48.3 Å². The molecular weight excluding hydrogens is 934 g/mol. The van der Waals surface area contributed by atoms with Gasteiger partial charge in [0.05, 0.1) is 11.6 Å². The van der Waals surface area contributed by atoms with Gasteiger partial charge in [-0.15, -0.1) is 0 Å². The van der Waals surface area contributed by atoms with Crippen LogP contribution in [0.5, 0.6) is 17.6 Å². The molecule has 16 heteroatoms. The van der Waals surface area contributed by atoms with Crippen molar-refractivity contribution in [3.63, 3.8) is 0 Å².